The highest BCUT2D eigenvalue weighted by atomic mass is 32.2. The Morgan fingerprint density at radius 3 is 2.55 bits per heavy atom. The number of amides is 1. The van der Waals surface area contributed by atoms with Crippen LogP contribution in [0.3, 0.4) is 0 Å². The molecule has 1 fully saturated rings. The van der Waals surface area contributed by atoms with E-state index in [0.717, 1.165) is 0 Å². The molecular formula is C14H21NO4S. The Morgan fingerprint density at radius 2 is 2.05 bits per heavy atom. The van der Waals surface area contributed by atoms with Crippen LogP contribution in [-0.2, 0) is 20.4 Å². The van der Waals surface area contributed by atoms with Gasteiger partial charge < -0.3 is 9.32 Å². The molecule has 1 aromatic rings. The first-order chi connectivity index (χ1) is 9.17. The van der Waals surface area contributed by atoms with Crippen LogP contribution in [-0.4, -0.2) is 37.6 Å². The third-order valence-corrected chi connectivity index (χ3v) is 5.31. The third-order valence-electron chi connectivity index (χ3n) is 3.31. The fraction of sp³-hybridized carbons (Fsp3) is 0.643. The summed E-state index contributed by atoms with van der Waals surface area (Å²) in [7, 11) is -3.24. The molecule has 0 bridgehead atoms. The zero-order chi connectivity index (χ0) is 15.0. The van der Waals surface area contributed by atoms with Gasteiger partial charge in [0.15, 0.2) is 9.84 Å². The van der Waals surface area contributed by atoms with E-state index >= 15 is 0 Å². The SMILES string of the molecule is CC(C)(C)CC(=O)N1CC(S(=O)(=O)Cc2ccco2)C1. The molecule has 20 heavy (non-hydrogen) atoms. The molecule has 0 aliphatic carbocycles. The van der Waals surface area contributed by atoms with Crippen LogP contribution < -0.4 is 0 Å². The van der Waals surface area contributed by atoms with Crippen molar-refractivity contribution in [3.63, 3.8) is 0 Å². The summed E-state index contributed by atoms with van der Waals surface area (Å²) >= 11 is 0. The number of rotatable bonds is 4. The van der Waals surface area contributed by atoms with E-state index in [2.05, 4.69) is 0 Å². The molecule has 2 heterocycles. The molecule has 1 saturated heterocycles. The van der Waals surface area contributed by atoms with E-state index in [-0.39, 0.29) is 17.1 Å². The second-order valence-corrected chi connectivity index (χ2v) is 8.83. The van der Waals surface area contributed by atoms with E-state index in [1.807, 2.05) is 20.8 Å². The van der Waals surface area contributed by atoms with E-state index in [1.165, 1.54) is 6.26 Å². The van der Waals surface area contributed by atoms with E-state index in [0.29, 0.717) is 25.3 Å². The first kappa shape index (κ1) is 15.1. The highest BCUT2D eigenvalue weighted by Crippen LogP contribution is 2.25. The topological polar surface area (TPSA) is 67.6 Å². The maximum atomic E-state index is 12.1. The number of likely N-dealkylation sites (tertiary alicyclic amines) is 1. The van der Waals surface area contributed by atoms with Gasteiger partial charge in [-0.1, -0.05) is 20.8 Å². The average Bonchev–Trinajstić information content (AvgIpc) is 2.62. The molecular weight excluding hydrogens is 278 g/mol. The summed E-state index contributed by atoms with van der Waals surface area (Å²) in [5, 5.41) is -0.462. The molecule has 0 N–H and O–H groups in total. The van der Waals surface area contributed by atoms with Crippen molar-refractivity contribution in [3.8, 4) is 0 Å². The predicted molar refractivity (Wildman–Crippen MR) is 75.8 cm³/mol. The van der Waals surface area contributed by atoms with Gasteiger partial charge in [0.2, 0.25) is 5.91 Å². The Balaban J connectivity index is 1.88. The van der Waals surface area contributed by atoms with Gasteiger partial charge in [-0.3, -0.25) is 4.79 Å². The number of sulfone groups is 1. The van der Waals surface area contributed by atoms with Gasteiger partial charge in [0.05, 0.1) is 11.5 Å². The largest absolute Gasteiger partial charge is 0.468 e. The lowest BCUT2D eigenvalue weighted by Crippen LogP contribution is -2.57. The molecule has 0 atom stereocenters. The van der Waals surface area contributed by atoms with Crippen molar-refractivity contribution in [2.45, 2.75) is 38.2 Å². The summed E-state index contributed by atoms with van der Waals surface area (Å²) in [5.74, 6) is 0.387. The second kappa shape index (κ2) is 5.24. The van der Waals surface area contributed by atoms with Crippen LogP contribution in [0.1, 0.15) is 33.0 Å². The molecule has 2 rings (SSSR count). The van der Waals surface area contributed by atoms with Crippen LogP contribution in [0.2, 0.25) is 0 Å². The maximum Gasteiger partial charge on any atom is 0.223 e. The van der Waals surface area contributed by atoms with Crippen molar-refractivity contribution in [1.82, 2.24) is 4.90 Å². The van der Waals surface area contributed by atoms with Gasteiger partial charge in [-0.2, -0.15) is 0 Å². The standard InChI is InChI=1S/C14H21NO4S/c1-14(2,3)7-13(16)15-8-12(9-15)20(17,18)10-11-5-4-6-19-11/h4-6,12H,7-10H2,1-3H3. The molecule has 5 nitrogen and oxygen atoms in total. The van der Waals surface area contributed by atoms with Crippen molar-refractivity contribution < 1.29 is 17.6 Å². The van der Waals surface area contributed by atoms with Crippen LogP contribution >= 0.6 is 0 Å². The van der Waals surface area contributed by atoms with E-state index in [1.54, 1.807) is 17.0 Å². The van der Waals surface area contributed by atoms with E-state index < -0.39 is 15.1 Å². The number of nitrogens with zero attached hydrogens (tertiary/aromatic N) is 1. The Hall–Kier alpha value is -1.30. The summed E-state index contributed by atoms with van der Waals surface area (Å²) < 4.78 is 29.3. The van der Waals surface area contributed by atoms with Crippen LogP contribution in [0.4, 0.5) is 0 Å². The summed E-state index contributed by atoms with van der Waals surface area (Å²) in [5.41, 5.74) is -0.0742. The van der Waals surface area contributed by atoms with Gasteiger partial charge >= 0.3 is 0 Å². The van der Waals surface area contributed by atoms with Crippen LogP contribution in [0.25, 0.3) is 0 Å². The number of furan rings is 1. The lowest BCUT2D eigenvalue weighted by molar-refractivity contribution is -0.136. The molecule has 112 valence electrons. The quantitative estimate of drug-likeness (QED) is 0.851. The van der Waals surface area contributed by atoms with Crippen LogP contribution in [0, 0.1) is 5.41 Å². The van der Waals surface area contributed by atoms with Crippen molar-refractivity contribution >= 4 is 15.7 Å². The summed E-state index contributed by atoms with van der Waals surface area (Å²) in [4.78, 5) is 13.6. The lowest BCUT2D eigenvalue weighted by atomic mass is 9.91. The normalized spacial score (nSPS) is 17.1. The minimum atomic E-state index is -3.24. The van der Waals surface area contributed by atoms with Crippen LogP contribution in [0.5, 0.6) is 0 Å². The molecule has 0 saturated carbocycles. The fourth-order valence-corrected chi connectivity index (χ4v) is 3.76. The molecule has 0 radical (unpaired) electrons. The van der Waals surface area contributed by atoms with Crippen molar-refractivity contribution in [2.24, 2.45) is 5.41 Å². The Bertz CT molecular complexity index is 563. The first-order valence-corrected chi connectivity index (χ1v) is 8.41. The number of carbonyl (C=O) groups is 1. The highest BCUT2D eigenvalue weighted by molar-refractivity contribution is 7.91. The monoisotopic (exact) mass is 299 g/mol. The first-order valence-electron chi connectivity index (χ1n) is 6.69. The second-order valence-electron chi connectivity index (χ2n) is 6.54. The zero-order valence-corrected chi connectivity index (χ0v) is 12.9. The van der Waals surface area contributed by atoms with Gasteiger partial charge in [-0.05, 0) is 17.5 Å². The molecule has 1 aliphatic rings. The van der Waals surface area contributed by atoms with Crippen molar-refractivity contribution in [1.29, 1.82) is 0 Å². The van der Waals surface area contributed by atoms with E-state index in [9.17, 15) is 13.2 Å². The number of carbonyl (C=O) groups excluding carboxylic acids is 1. The van der Waals surface area contributed by atoms with Crippen LogP contribution in [0.15, 0.2) is 22.8 Å². The van der Waals surface area contributed by atoms with Gasteiger partial charge in [0, 0.05) is 19.5 Å². The number of hydrogen-bond acceptors (Lipinski definition) is 4. The Labute approximate surface area is 119 Å². The molecule has 0 unspecified atom stereocenters. The van der Waals surface area contributed by atoms with Crippen molar-refractivity contribution in [2.75, 3.05) is 13.1 Å². The molecule has 0 spiro atoms. The summed E-state index contributed by atoms with van der Waals surface area (Å²) in [6, 6.07) is 3.32. The Kier molecular flexibility index (Phi) is 3.95. The minimum Gasteiger partial charge on any atom is -0.468 e. The highest BCUT2D eigenvalue weighted by Gasteiger charge is 2.40. The van der Waals surface area contributed by atoms with Gasteiger partial charge in [0.1, 0.15) is 11.5 Å². The zero-order valence-electron chi connectivity index (χ0n) is 12.1. The minimum absolute atomic E-state index is 0.0296. The fourth-order valence-electron chi connectivity index (χ4n) is 2.15. The molecule has 1 amide bonds. The van der Waals surface area contributed by atoms with Crippen molar-refractivity contribution in [3.05, 3.63) is 24.2 Å². The third kappa shape index (κ3) is 3.62. The van der Waals surface area contributed by atoms with Gasteiger partial charge in [-0.25, -0.2) is 8.42 Å². The van der Waals surface area contributed by atoms with E-state index in [4.69, 9.17) is 4.42 Å². The lowest BCUT2D eigenvalue weighted by Gasteiger charge is -2.39. The smallest absolute Gasteiger partial charge is 0.223 e. The Morgan fingerprint density at radius 1 is 1.40 bits per heavy atom. The molecule has 6 heteroatoms. The van der Waals surface area contributed by atoms with Gasteiger partial charge in [0.25, 0.3) is 0 Å². The van der Waals surface area contributed by atoms with Gasteiger partial charge in [-0.15, -0.1) is 0 Å². The molecule has 0 aromatic carbocycles. The summed E-state index contributed by atoms with van der Waals surface area (Å²) in [6.07, 6.45) is 1.91. The predicted octanol–water partition coefficient (Wildman–Crippen LogP) is 1.84. The summed E-state index contributed by atoms with van der Waals surface area (Å²) in [6.45, 7) is 6.59. The molecule has 1 aromatic heterocycles. The maximum absolute atomic E-state index is 12.1. The molecule has 1 aliphatic heterocycles. The number of hydrogen-bond donors (Lipinski definition) is 0. The average molecular weight is 299 g/mol.